The number of aromatic nitrogens is 2. The highest BCUT2D eigenvalue weighted by molar-refractivity contribution is 7.92. The van der Waals surface area contributed by atoms with E-state index in [4.69, 9.17) is 4.74 Å². The second-order valence-electron chi connectivity index (χ2n) is 4.39. The number of nitrogens with zero attached hydrogens (tertiary/aromatic N) is 1. The van der Waals surface area contributed by atoms with Crippen LogP contribution in [0.1, 0.15) is 0 Å². The number of ether oxygens (including phenoxy) is 1. The van der Waals surface area contributed by atoms with Crippen LogP contribution in [0, 0.1) is 0 Å². The summed E-state index contributed by atoms with van der Waals surface area (Å²) in [6.07, 6.45) is 1.52. The summed E-state index contributed by atoms with van der Waals surface area (Å²) in [5.41, 5.74) is 1.78. The molecule has 0 unspecified atom stereocenters. The molecular weight excluding hydrogens is 290 g/mol. The predicted molar refractivity (Wildman–Crippen MR) is 79.9 cm³/mol. The number of nitrogens with one attached hydrogen (secondary N) is 2. The number of fused-ring (bicyclic) bond motifs is 1. The second-order valence-corrected chi connectivity index (χ2v) is 6.07. The van der Waals surface area contributed by atoms with E-state index < -0.39 is 10.0 Å². The molecule has 2 aromatic carbocycles. The topological polar surface area (TPSA) is 84.1 Å². The average Bonchev–Trinajstić information content (AvgIpc) is 2.97. The summed E-state index contributed by atoms with van der Waals surface area (Å²) in [4.78, 5) is 7.22. The van der Waals surface area contributed by atoms with Gasteiger partial charge in [0.15, 0.2) is 0 Å². The summed E-state index contributed by atoms with van der Waals surface area (Å²) in [6.45, 7) is 0. The van der Waals surface area contributed by atoms with Gasteiger partial charge in [0.25, 0.3) is 10.0 Å². The van der Waals surface area contributed by atoms with E-state index in [1.165, 1.54) is 25.6 Å². The molecule has 0 aliphatic heterocycles. The first-order valence-electron chi connectivity index (χ1n) is 6.19. The fourth-order valence-corrected chi connectivity index (χ4v) is 3.07. The average molecular weight is 303 g/mol. The Balaban J connectivity index is 1.97. The van der Waals surface area contributed by atoms with E-state index in [9.17, 15) is 8.42 Å². The van der Waals surface area contributed by atoms with Gasteiger partial charge in [-0.3, -0.25) is 4.72 Å². The van der Waals surface area contributed by atoms with Crippen LogP contribution in [0.25, 0.3) is 11.0 Å². The fraction of sp³-hybridized carbons (Fsp3) is 0.0714. The van der Waals surface area contributed by atoms with Crippen molar-refractivity contribution in [1.82, 2.24) is 9.97 Å². The highest BCUT2D eigenvalue weighted by atomic mass is 32.2. The van der Waals surface area contributed by atoms with Crippen LogP contribution in [-0.4, -0.2) is 25.5 Å². The largest absolute Gasteiger partial charge is 0.497 e. The van der Waals surface area contributed by atoms with Crippen molar-refractivity contribution in [2.75, 3.05) is 11.8 Å². The molecule has 0 fully saturated rings. The van der Waals surface area contributed by atoms with Crippen LogP contribution in [0.4, 0.5) is 5.69 Å². The van der Waals surface area contributed by atoms with Crippen molar-refractivity contribution in [3.63, 3.8) is 0 Å². The summed E-state index contributed by atoms with van der Waals surface area (Å²) in [5.74, 6) is 0.600. The van der Waals surface area contributed by atoms with E-state index in [1.54, 1.807) is 24.3 Å². The van der Waals surface area contributed by atoms with Crippen LogP contribution < -0.4 is 9.46 Å². The van der Waals surface area contributed by atoms with Crippen LogP contribution in [0.15, 0.2) is 53.7 Å². The Labute approximate surface area is 121 Å². The maximum Gasteiger partial charge on any atom is 0.261 e. The first-order valence-corrected chi connectivity index (χ1v) is 7.67. The SMILES string of the molecule is COc1ccc(S(=O)(=O)Nc2cccc3[nH]cnc23)cc1. The lowest BCUT2D eigenvalue weighted by Gasteiger charge is -2.09. The first kappa shape index (κ1) is 13.4. The van der Waals surface area contributed by atoms with Gasteiger partial charge in [-0.25, -0.2) is 13.4 Å². The Morgan fingerprint density at radius 1 is 1.14 bits per heavy atom. The summed E-state index contributed by atoms with van der Waals surface area (Å²) in [6, 6.07) is 11.4. The Morgan fingerprint density at radius 2 is 1.90 bits per heavy atom. The lowest BCUT2D eigenvalue weighted by Crippen LogP contribution is -2.13. The van der Waals surface area contributed by atoms with Crippen molar-refractivity contribution < 1.29 is 13.2 Å². The van der Waals surface area contributed by atoms with Crippen molar-refractivity contribution in [3.8, 4) is 5.75 Å². The predicted octanol–water partition coefficient (Wildman–Crippen LogP) is 2.37. The Bertz CT molecular complexity index is 870. The van der Waals surface area contributed by atoms with Crippen molar-refractivity contribution in [2.24, 2.45) is 0 Å². The summed E-state index contributed by atoms with van der Waals surface area (Å²) in [7, 11) is -2.14. The van der Waals surface area contributed by atoms with Crippen LogP contribution in [0.2, 0.25) is 0 Å². The van der Waals surface area contributed by atoms with Gasteiger partial charge >= 0.3 is 0 Å². The van der Waals surface area contributed by atoms with Crippen LogP contribution in [0.3, 0.4) is 0 Å². The van der Waals surface area contributed by atoms with Crippen LogP contribution in [-0.2, 0) is 10.0 Å². The molecule has 1 aromatic heterocycles. The highest BCUT2D eigenvalue weighted by Crippen LogP contribution is 2.24. The third-order valence-corrected chi connectivity index (χ3v) is 4.45. The molecule has 0 aliphatic rings. The smallest absolute Gasteiger partial charge is 0.261 e. The Kier molecular flexibility index (Phi) is 3.26. The lowest BCUT2D eigenvalue weighted by atomic mass is 10.3. The molecule has 0 bridgehead atoms. The number of imidazole rings is 1. The molecule has 3 aromatic rings. The number of methoxy groups -OCH3 is 1. The standard InChI is InChI=1S/C14H13N3O3S/c1-20-10-5-7-11(8-6-10)21(18,19)17-13-4-2-3-12-14(13)16-9-15-12/h2-9,17H,1H3,(H,15,16). The molecule has 0 atom stereocenters. The zero-order valence-corrected chi connectivity index (χ0v) is 12.0. The number of anilines is 1. The molecule has 0 spiro atoms. The Hall–Kier alpha value is -2.54. The van der Waals surface area contributed by atoms with E-state index in [0.29, 0.717) is 17.0 Å². The van der Waals surface area contributed by atoms with Gasteiger partial charge in [0.2, 0.25) is 0 Å². The maximum atomic E-state index is 12.4. The van der Waals surface area contributed by atoms with Gasteiger partial charge in [0, 0.05) is 0 Å². The van der Waals surface area contributed by atoms with E-state index >= 15 is 0 Å². The van der Waals surface area contributed by atoms with Crippen molar-refractivity contribution in [1.29, 1.82) is 0 Å². The number of benzene rings is 2. The van der Waals surface area contributed by atoms with E-state index in [2.05, 4.69) is 14.7 Å². The molecule has 1 heterocycles. The molecule has 3 rings (SSSR count). The maximum absolute atomic E-state index is 12.4. The number of hydrogen-bond acceptors (Lipinski definition) is 4. The molecule has 21 heavy (non-hydrogen) atoms. The second kappa shape index (κ2) is 5.10. The van der Waals surface area contributed by atoms with Gasteiger partial charge in [0.05, 0.1) is 29.5 Å². The summed E-state index contributed by atoms with van der Waals surface area (Å²) >= 11 is 0. The number of para-hydroxylation sites is 1. The molecule has 6 nitrogen and oxygen atoms in total. The molecule has 108 valence electrons. The molecule has 0 aliphatic carbocycles. The number of hydrogen-bond donors (Lipinski definition) is 2. The zero-order chi connectivity index (χ0) is 14.9. The first-order chi connectivity index (χ1) is 10.1. The van der Waals surface area contributed by atoms with E-state index in [0.717, 1.165) is 5.52 Å². The van der Waals surface area contributed by atoms with Crippen molar-refractivity contribution >= 4 is 26.7 Å². The van der Waals surface area contributed by atoms with Gasteiger partial charge in [-0.15, -0.1) is 0 Å². The molecule has 7 heteroatoms. The minimum absolute atomic E-state index is 0.163. The third kappa shape index (κ3) is 2.55. The third-order valence-electron chi connectivity index (χ3n) is 3.06. The van der Waals surface area contributed by atoms with Gasteiger partial charge in [-0.2, -0.15) is 0 Å². The Morgan fingerprint density at radius 3 is 2.62 bits per heavy atom. The van der Waals surface area contributed by atoms with Gasteiger partial charge in [-0.1, -0.05) is 6.07 Å². The van der Waals surface area contributed by atoms with Gasteiger partial charge in [0.1, 0.15) is 11.3 Å². The molecular formula is C14H13N3O3S. The summed E-state index contributed by atoms with van der Waals surface area (Å²) in [5, 5.41) is 0. The van der Waals surface area contributed by atoms with E-state index in [-0.39, 0.29) is 4.90 Å². The normalized spacial score (nSPS) is 11.5. The highest BCUT2D eigenvalue weighted by Gasteiger charge is 2.16. The molecule has 0 radical (unpaired) electrons. The molecule has 0 saturated heterocycles. The number of sulfonamides is 1. The van der Waals surface area contributed by atoms with Crippen LogP contribution in [0.5, 0.6) is 5.75 Å². The van der Waals surface area contributed by atoms with Gasteiger partial charge in [-0.05, 0) is 36.4 Å². The lowest BCUT2D eigenvalue weighted by molar-refractivity contribution is 0.414. The number of aromatic amines is 1. The minimum atomic E-state index is -3.67. The van der Waals surface area contributed by atoms with Gasteiger partial charge < -0.3 is 9.72 Å². The number of rotatable bonds is 4. The molecule has 0 saturated carbocycles. The monoisotopic (exact) mass is 303 g/mol. The quantitative estimate of drug-likeness (QED) is 0.775. The fourth-order valence-electron chi connectivity index (χ4n) is 2.01. The molecule has 0 amide bonds. The van der Waals surface area contributed by atoms with E-state index in [1.807, 2.05) is 6.07 Å². The van der Waals surface area contributed by atoms with Crippen LogP contribution >= 0.6 is 0 Å². The summed E-state index contributed by atoms with van der Waals surface area (Å²) < 4.78 is 32.3. The minimum Gasteiger partial charge on any atom is -0.497 e. The number of H-pyrrole nitrogens is 1. The zero-order valence-electron chi connectivity index (χ0n) is 11.2. The van der Waals surface area contributed by atoms with Crippen molar-refractivity contribution in [3.05, 3.63) is 48.8 Å². The molecule has 2 N–H and O–H groups in total. The van der Waals surface area contributed by atoms with Crippen molar-refractivity contribution in [2.45, 2.75) is 4.90 Å².